The number of hydrogen-bond acceptors (Lipinski definition) is 10. The molecule has 45 heavy (non-hydrogen) atoms. The predicted octanol–water partition coefficient (Wildman–Crippen LogP) is 5.58. The summed E-state index contributed by atoms with van der Waals surface area (Å²) in [5.41, 5.74) is 3.22. The predicted molar refractivity (Wildman–Crippen MR) is 163 cm³/mol. The number of esters is 1. The zero-order valence-electron chi connectivity index (χ0n) is 24.2. The number of phenolic OH excluding ortho intramolecular Hbond substituents is 3. The molecule has 0 aliphatic carbocycles. The first-order valence-electron chi connectivity index (χ1n) is 14.4. The lowest BCUT2D eigenvalue weighted by molar-refractivity contribution is -0.135. The van der Waals surface area contributed by atoms with E-state index in [1.54, 1.807) is 25.3 Å². The largest absolute Gasteiger partial charge is 0.507 e. The summed E-state index contributed by atoms with van der Waals surface area (Å²) in [5, 5.41) is 30.5. The Morgan fingerprint density at radius 3 is 2.56 bits per heavy atom. The Morgan fingerprint density at radius 1 is 0.867 bits per heavy atom. The van der Waals surface area contributed by atoms with Crippen molar-refractivity contribution in [2.24, 2.45) is 0 Å². The molecule has 0 amide bonds. The summed E-state index contributed by atoms with van der Waals surface area (Å²) in [7, 11) is 1.54. The van der Waals surface area contributed by atoms with Gasteiger partial charge in [-0.15, -0.1) is 0 Å². The van der Waals surface area contributed by atoms with Crippen molar-refractivity contribution in [3.8, 4) is 51.6 Å². The fourth-order valence-corrected chi connectivity index (χ4v) is 5.96. The van der Waals surface area contributed by atoms with Crippen LogP contribution in [0.3, 0.4) is 0 Å². The molecule has 0 spiro atoms. The summed E-state index contributed by atoms with van der Waals surface area (Å²) >= 11 is 0. The third kappa shape index (κ3) is 5.14. The summed E-state index contributed by atoms with van der Waals surface area (Å²) in [5.74, 6) is -0.210. The van der Waals surface area contributed by atoms with E-state index in [-0.39, 0.29) is 34.6 Å². The highest BCUT2D eigenvalue weighted by atomic mass is 16.5. The van der Waals surface area contributed by atoms with Gasteiger partial charge < -0.3 is 38.7 Å². The van der Waals surface area contributed by atoms with E-state index in [4.69, 9.17) is 23.4 Å². The molecule has 10 heteroatoms. The minimum absolute atomic E-state index is 0.0384. The monoisotopic (exact) mass is 608 g/mol. The van der Waals surface area contributed by atoms with Crippen LogP contribution in [0.1, 0.15) is 34.6 Å². The Hall–Kier alpha value is -5.64. The Balaban J connectivity index is 1.28. The molecule has 0 saturated heterocycles. The number of phenols is 3. The van der Waals surface area contributed by atoms with Gasteiger partial charge in [0, 0.05) is 42.0 Å². The van der Waals surface area contributed by atoms with E-state index in [0.29, 0.717) is 47.8 Å². The van der Waals surface area contributed by atoms with Crippen LogP contribution >= 0.6 is 0 Å². The van der Waals surface area contributed by atoms with Crippen molar-refractivity contribution in [3.05, 3.63) is 99.2 Å². The molecular weight excluding hydrogens is 580 g/mol. The van der Waals surface area contributed by atoms with Gasteiger partial charge in [0.2, 0.25) is 0 Å². The van der Waals surface area contributed by atoms with Gasteiger partial charge in [-0.2, -0.15) is 0 Å². The van der Waals surface area contributed by atoms with E-state index in [1.807, 2.05) is 12.1 Å². The molecular formula is C35H28O10. The fourth-order valence-electron chi connectivity index (χ4n) is 5.96. The summed E-state index contributed by atoms with van der Waals surface area (Å²) in [6.07, 6.45) is 1.48. The number of fused-ring (bicyclic) bond motifs is 4. The molecule has 1 aromatic heterocycles. The maximum atomic E-state index is 13.3. The lowest BCUT2D eigenvalue weighted by Gasteiger charge is -2.26. The first kappa shape index (κ1) is 28.1. The molecule has 228 valence electrons. The van der Waals surface area contributed by atoms with Gasteiger partial charge in [-0.05, 0) is 53.1 Å². The summed E-state index contributed by atoms with van der Waals surface area (Å²) < 4.78 is 29.1. The van der Waals surface area contributed by atoms with E-state index in [2.05, 4.69) is 6.07 Å². The molecule has 7 rings (SSSR count). The van der Waals surface area contributed by atoms with Crippen LogP contribution in [0, 0.1) is 0 Å². The lowest BCUT2D eigenvalue weighted by Crippen LogP contribution is -2.22. The summed E-state index contributed by atoms with van der Waals surface area (Å²) in [4.78, 5) is 26.1. The van der Waals surface area contributed by atoms with Gasteiger partial charge in [0.1, 0.15) is 34.0 Å². The van der Waals surface area contributed by atoms with Crippen LogP contribution in [-0.4, -0.2) is 41.6 Å². The van der Waals surface area contributed by atoms with Crippen molar-refractivity contribution in [3.63, 3.8) is 0 Å². The molecule has 0 bridgehead atoms. The second-order valence-electron chi connectivity index (χ2n) is 11.0. The number of carbonyl (C=O) groups is 1. The van der Waals surface area contributed by atoms with Gasteiger partial charge >= 0.3 is 5.97 Å². The van der Waals surface area contributed by atoms with E-state index in [0.717, 1.165) is 17.7 Å². The third-order valence-corrected chi connectivity index (χ3v) is 8.18. The second kappa shape index (κ2) is 11.1. The van der Waals surface area contributed by atoms with Gasteiger partial charge in [0.15, 0.2) is 28.4 Å². The standard InChI is InChI=1S/C35H28O10/c1-41-28-7-4-19(14-30(28)43-10-8-18-2-6-27-21(12-18)9-11-42-27)22-15-32(40)44-31-17-26(39)34-25(38)16-29(45-35(34)33(22)31)20-3-5-23(36)24(37)13-20/h2-7,12-14,16-17,22,36-37,39H,8-11,15H2,1H3/t22-/m0/s1. The van der Waals surface area contributed by atoms with Crippen molar-refractivity contribution in [1.29, 1.82) is 0 Å². The van der Waals surface area contributed by atoms with E-state index < -0.39 is 28.8 Å². The van der Waals surface area contributed by atoms with Gasteiger partial charge in [0.25, 0.3) is 0 Å². The van der Waals surface area contributed by atoms with Gasteiger partial charge in [0.05, 0.1) is 26.7 Å². The molecule has 0 radical (unpaired) electrons. The van der Waals surface area contributed by atoms with Gasteiger partial charge in [-0.25, -0.2) is 0 Å². The topological polar surface area (TPSA) is 145 Å². The lowest BCUT2D eigenvalue weighted by atomic mass is 9.85. The Morgan fingerprint density at radius 2 is 1.73 bits per heavy atom. The molecule has 2 aliphatic heterocycles. The number of aromatic hydroxyl groups is 3. The highest BCUT2D eigenvalue weighted by Crippen LogP contribution is 2.47. The highest BCUT2D eigenvalue weighted by molar-refractivity contribution is 5.93. The summed E-state index contributed by atoms with van der Waals surface area (Å²) in [6, 6.07) is 17.9. The molecule has 4 aromatic carbocycles. The molecule has 3 heterocycles. The molecule has 10 nitrogen and oxygen atoms in total. The molecule has 3 N–H and O–H groups in total. The zero-order chi connectivity index (χ0) is 31.2. The molecule has 2 aliphatic rings. The third-order valence-electron chi connectivity index (χ3n) is 8.18. The van der Waals surface area contributed by atoms with Crippen molar-refractivity contribution in [2.45, 2.75) is 25.2 Å². The maximum absolute atomic E-state index is 13.3. The van der Waals surface area contributed by atoms with Crippen molar-refractivity contribution >= 4 is 16.9 Å². The Bertz CT molecular complexity index is 2040. The Labute approximate surface area is 256 Å². The maximum Gasteiger partial charge on any atom is 0.312 e. The molecule has 0 fully saturated rings. The molecule has 0 unspecified atom stereocenters. The van der Waals surface area contributed by atoms with E-state index in [9.17, 15) is 24.9 Å². The van der Waals surface area contributed by atoms with Crippen LogP contribution < -0.4 is 24.4 Å². The number of rotatable bonds is 7. The second-order valence-corrected chi connectivity index (χ2v) is 11.0. The Kier molecular flexibility index (Phi) is 6.96. The van der Waals surface area contributed by atoms with Crippen LogP contribution in [0.25, 0.3) is 22.3 Å². The van der Waals surface area contributed by atoms with Crippen LogP contribution in [0.5, 0.6) is 40.2 Å². The van der Waals surface area contributed by atoms with Crippen LogP contribution in [0.4, 0.5) is 0 Å². The minimum atomic E-state index is -0.624. The summed E-state index contributed by atoms with van der Waals surface area (Å²) in [6.45, 7) is 1.06. The quantitative estimate of drug-likeness (QED) is 0.122. The van der Waals surface area contributed by atoms with Crippen LogP contribution in [0.15, 0.2) is 75.9 Å². The zero-order valence-corrected chi connectivity index (χ0v) is 24.2. The van der Waals surface area contributed by atoms with Crippen molar-refractivity contribution < 1.29 is 43.5 Å². The van der Waals surface area contributed by atoms with Crippen molar-refractivity contribution in [2.75, 3.05) is 20.3 Å². The first-order chi connectivity index (χ1) is 21.8. The SMILES string of the molecule is COc1ccc([C@@H]2CC(=O)Oc3cc(O)c4c(=O)cc(-c5ccc(O)c(O)c5)oc4c32)cc1OCCc1ccc2c(c1)CCO2. The average Bonchev–Trinajstić information content (AvgIpc) is 3.49. The highest BCUT2D eigenvalue weighted by Gasteiger charge is 2.34. The smallest absolute Gasteiger partial charge is 0.312 e. The van der Waals surface area contributed by atoms with Crippen molar-refractivity contribution in [1.82, 2.24) is 0 Å². The van der Waals surface area contributed by atoms with E-state index >= 15 is 0 Å². The molecule has 5 aromatic rings. The number of carbonyl (C=O) groups excluding carboxylic acids is 1. The molecule has 0 saturated carbocycles. The fraction of sp³-hybridized carbons (Fsp3) is 0.200. The van der Waals surface area contributed by atoms with E-state index in [1.165, 1.54) is 35.9 Å². The normalized spacial score (nSPS) is 15.2. The number of hydrogen-bond donors (Lipinski definition) is 3. The number of benzene rings is 4. The van der Waals surface area contributed by atoms with Crippen LogP contribution in [0.2, 0.25) is 0 Å². The number of ether oxygens (including phenoxy) is 4. The average molecular weight is 609 g/mol. The van der Waals surface area contributed by atoms with Gasteiger partial charge in [-0.1, -0.05) is 18.2 Å². The molecule has 1 atom stereocenters. The first-order valence-corrected chi connectivity index (χ1v) is 14.4. The van der Waals surface area contributed by atoms with Gasteiger partial charge in [-0.3, -0.25) is 9.59 Å². The number of methoxy groups -OCH3 is 1. The minimum Gasteiger partial charge on any atom is -0.507 e. The van der Waals surface area contributed by atoms with Crippen LogP contribution in [-0.2, 0) is 17.6 Å².